The Hall–Kier alpha value is -2.85. The van der Waals surface area contributed by atoms with Crippen molar-refractivity contribution in [3.05, 3.63) is 77.0 Å². The minimum atomic E-state index is -0.108. The standard InChI is InChI=1S/C24H23ClN2O2/c25-19-12-10-18(11-13-19)22-16-27-24(29-22)21-9-5-4-8-20(21)23(28)26-15-14-17-6-2-1-3-7-17/h4-6,8-13,16H,1-3,7,14-15H2,(H,26,28). The first-order valence-corrected chi connectivity index (χ1v) is 10.4. The van der Waals surface area contributed by atoms with E-state index >= 15 is 0 Å². The number of benzene rings is 2. The molecule has 1 heterocycles. The van der Waals surface area contributed by atoms with Gasteiger partial charge in [0, 0.05) is 22.7 Å². The van der Waals surface area contributed by atoms with Crippen molar-refractivity contribution in [2.24, 2.45) is 0 Å². The smallest absolute Gasteiger partial charge is 0.252 e. The van der Waals surface area contributed by atoms with Gasteiger partial charge in [-0.25, -0.2) is 4.98 Å². The monoisotopic (exact) mass is 406 g/mol. The van der Waals surface area contributed by atoms with Crippen molar-refractivity contribution in [1.29, 1.82) is 0 Å². The van der Waals surface area contributed by atoms with E-state index in [4.69, 9.17) is 16.0 Å². The van der Waals surface area contributed by atoms with Gasteiger partial charge in [0.25, 0.3) is 5.91 Å². The van der Waals surface area contributed by atoms with Crippen LogP contribution in [0.5, 0.6) is 0 Å². The van der Waals surface area contributed by atoms with Gasteiger partial charge in [0.05, 0.1) is 11.8 Å². The van der Waals surface area contributed by atoms with Crippen LogP contribution in [0.3, 0.4) is 0 Å². The van der Waals surface area contributed by atoms with Gasteiger partial charge in [0.2, 0.25) is 5.89 Å². The lowest BCUT2D eigenvalue weighted by molar-refractivity contribution is 0.0954. The van der Waals surface area contributed by atoms with Crippen molar-refractivity contribution >= 4 is 17.5 Å². The molecule has 1 aliphatic carbocycles. The molecule has 0 spiro atoms. The van der Waals surface area contributed by atoms with E-state index < -0.39 is 0 Å². The molecule has 4 nitrogen and oxygen atoms in total. The van der Waals surface area contributed by atoms with E-state index in [-0.39, 0.29) is 5.91 Å². The lowest BCUT2D eigenvalue weighted by Gasteiger charge is -2.13. The number of carbonyl (C=O) groups is 1. The van der Waals surface area contributed by atoms with Crippen LogP contribution in [0.25, 0.3) is 22.8 Å². The summed E-state index contributed by atoms with van der Waals surface area (Å²) in [6, 6.07) is 14.8. The highest BCUT2D eigenvalue weighted by Crippen LogP contribution is 2.29. The second-order valence-electron chi connectivity index (χ2n) is 7.20. The maximum Gasteiger partial charge on any atom is 0.252 e. The maximum absolute atomic E-state index is 12.8. The zero-order valence-corrected chi connectivity index (χ0v) is 16.9. The van der Waals surface area contributed by atoms with Crippen molar-refractivity contribution < 1.29 is 9.21 Å². The number of amides is 1. The van der Waals surface area contributed by atoms with Gasteiger partial charge in [0.15, 0.2) is 5.76 Å². The summed E-state index contributed by atoms with van der Waals surface area (Å²) in [4.78, 5) is 17.2. The second kappa shape index (κ2) is 9.10. The number of oxazole rings is 1. The summed E-state index contributed by atoms with van der Waals surface area (Å²) < 4.78 is 5.94. The largest absolute Gasteiger partial charge is 0.436 e. The lowest BCUT2D eigenvalue weighted by Crippen LogP contribution is -2.25. The van der Waals surface area contributed by atoms with Gasteiger partial charge < -0.3 is 9.73 Å². The van der Waals surface area contributed by atoms with Gasteiger partial charge >= 0.3 is 0 Å². The molecule has 0 radical (unpaired) electrons. The molecule has 1 amide bonds. The molecular formula is C24H23ClN2O2. The number of hydrogen-bond donors (Lipinski definition) is 1. The average Bonchev–Trinajstić information content (AvgIpc) is 3.25. The van der Waals surface area contributed by atoms with Crippen LogP contribution in [-0.4, -0.2) is 17.4 Å². The van der Waals surface area contributed by atoms with Crippen molar-refractivity contribution in [1.82, 2.24) is 10.3 Å². The van der Waals surface area contributed by atoms with Gasteiger partial charge in [-0.3, -0.25) is 4.79 Å². The molecule has 0 bridgehead atoms. The highest BCUT2D eigenvalue weighted by Gasteiger charge is 2.17. The van der Waals surface area contributed by atoms with Crippen LogP contribution < -0.4 is 5.32 Å². The van der Waals surface area contributed by atoms with Gasteiger partial charge in [-0.15, -0.1) is 0 Å². The first kappa shape index (κ1) is 19.5. The number of rotatable bonds is 6. The predicted octanol–water partition coefficient (Wildman–Crippen LogP) is 6.28. The average molecular weight is 407 g/mol. The maximum atomic E-state index is 12.8. The number of halogens is 1. The molecule has 2 aromatic carbocycles. The summed E-state index contributed by atoms with van der Waals surface area (Å²) in [7, 11) is 0. The minimum Gasteiger partial charge on any atom is -0.436 e. The van der Waals surface area contributed by atoms with Crippen LogP contribution in [0.1, 0.15) is 42.5 Å². The van der Waals surface area contributed by atoms with Crippen molar-refractivity contribution in [2.75, 3.05) is 6.54 Å². The van der Waals surface area contributed by atoms with Gasteiger partial charge in [-0.2, -0.15) is 0 Å². The molecule has 0 atom stereocenters. The summed E-state index contributed by atoms with van der Waals surface area (Å²) >= 11 is 5.95. The van der Waals surface area contributed by atoms with E-state index in [0.29, 0.717) is 34.3 Å². The Morgan fingerprint density at radius 2 is 1.93 bits per heavy atom. The quantitative estimate of drug-likeness (QED) is 0.490. The summed E-state index contributed by atoms with van der Waals surface area (Å²) in [5.41, 5.74) is 3.58. The highest BCUT2D eigenvalue weighted by atomic mass is 35.5. The van der Waals surface area contributed by atoms with E-state index in [1.165, 1.54) is 18.4 Å². The molecule has 0 unspecified atom stereocenters. The zero-order valence-electron chi connectivity index (χ0n) is 16.2. The topological polar surface area (TPSA) is 55.1 Å². The second-order valence-corrected chi connectivity index (χ2v) is 7.63. The van der Waals surface area contributed by atoms with Gasteiger partial charge in [-0.1, -0.05) is 35.4 Å². The van der Waals surface area contributed by atoms with Crippen LogP contribution in [0.15, 0.2) is 70.8 Å². The van der Waals surface area contributed by atoms with Crippen molar-refractivity contribution in [3.8, 4) is 22.8 Å². The molecule has 4 rings (SSSR count). The molecule has 3 aromatic rings. The fraction of sp³-hybridized carbons (Fsp3) is 0.250. The molecular weight excluding hydrogens is 384 g/mol. The summed E-state index contributed by atoms with van der Waals surface area (Å²) in [6.07, 6.45) is 9.73. The minimum absolute atomic E-state index is 0.108. The number of allylic oxidation sites excluding steroid dienone is 1. The highest BCUT2D eigenvalue weighted by molar-refractivity contribution is 6.30. The first-order valence-electron chi connectivity index (χ1n) is 9.98. The summed E-state index contributed by atoms with van der Waals surface area (Å²) in [5, 5.41) is 3.70. The lowest BCUT2D eigenvalue weighted by atomic mass is 9.97. The van der Waals surface area contributed by atoms with Crippen molar-refractivity contribution in [3.63, 3.8) is 0 Å². The van der Waals surface area contributed by atoms with Crippen molar-refractivity contribution in [2.45, 2.75) is 32.1 Å². The molecule has 29 heavy (non-hydrogen) atoms. The van der Waals surface area contributed by atoms with Crippen LogP contribution in [0.2, 0.25) is 5.02 Å². The van der Waals surface area contributed by atoms with Crippen LogP contribution in [0.4, 0.5) is 0 Å². The fourth-order valence-corrected chi connectivity index (χ4v) is 3.70. The van der Waals surface area contributed by atoms with E-state index in [0.717, 1.165) is 24.8 Å². The molecule has 1 aromatic heterocycles. The van der Waals surface area contributed by atoms with Gasteiger partial charge in [0.1, 0.15) is 0 Å². The number of carbonyl (C=O) groups excluding carboxylic acids is 1. The van der Waals surface area contributed by atoms with E-state index in [9.17, 15) is 4.79 Å². The first-order chi connectivity index (χ1) is 14.2. The summed E-state index contributed by atoms with van der Waals surface area (Å²) in [5.74, 6) is 0.954. The number of nitrogens with zero attached hydrogens (tertiary/aromatic N) is 1. The molecule has 0 aliphatic heterocycles. The zero-order chi connectivity index (χ0) is 20.1. The Morgan fingerprint density at radius 3 is 2.72 bits per heavy atom. The Labute approximate surface area is 175 Å². The molecule has 0 saturated heterocycles. The van der Waals surface area contributed by atoms with E-state index in [1.54, 1.807) is 12.3 Å². The molecule has 0 saturated carbocycles. The molecule has 148 valence electrons. The molecule has 1 aliphatic rings. The van der Waals surface area contributed by atoms with E-state index in [2.05, 4.69) is 16.4 Å². The molecule has 5 heteroatoms. The molecule has 0 fully saturated rings. The number of nitrogens with one attached hydrogen (secondary N) is 1. The Kier molecular flexibility index (Phi) is 6.11. The normalized spacial score (nSPS) is 13.8. The molecule has 1 N–H and O–H groups in total. The van der Waals surface area contributed by atoms with Crippen LogP contribution >= 0.6 is 11.6 Å². The van der Waals surface area contributed by atoms with Crippen LogP contribution in [-0.2, 0) is 0 Å². The number of hydrogen-bond acceptors (Lipinski definition) is 3. The van der Waals surface area contributed by atoms with E-state index in [1.807, 2.05) is 42.5 Å². The SMILES string of the molecule is O=C(NCCC1=CCCCC1)c1ccccc1-c1ncc(-c2ccc(Cl)cc2)o1. The summed E-state index contributed by atoms with van der Waals surface area (Å²) in [6.45, 7) is 0.639. The Morgan fingerprint density at radius 1 is 1.10 bits per heavy atom. The fourth-order valence-electron chi connectivity index (χ4n) is 3.58. The third kappa shape index (κ3) is 4.77. The Balaban J connectivity index is 1.48. The third-order valence-electron chi connectivity index (χ3n) is 5.15. The van der Waals surface area contributed by atoms with Crippen LogP contribution in [0, 0.1) is 0 Å². The Bertz CT molecular complexity index is 1020. The van der Waals surface area contributed by atoms with Gasteiger partial charge in [-0.05, 0) is 68.5 Å². The predicted molar refractivity (Wildman–Crippen MR) is 116 cm³/mol. The third-order valence-corrected chi connectivity index (χ3v) is 5.41. The number of aromatic nitrogens is 1.